The van der Waals surface area contributed by atoms with Crippen molar-refractivity contribution >= 4 is 46.0 Å². The molecule has 2 heterocycles. The molecule has 0 bridgehead atoms. The summed E-state index contributed by atoms with van der Waals surface area (Å²) in [5, 5.41) is 9.07. The second kappa shape index (κ2) is 14.8. The van der Waals surface area contributed by atoms with E-state index in [1.807, 2.05) is 62.4 Å². The molecular formula is C35H32IN3O6S. The van der Waals surface area contributed by atoms with Crippen LogP contribution in [0, 0.1) is 14.9 Å². The molecule has 0 aliphatic carbocycles. The Hall–Kier alpha value is -4.41. The van der Waals surface area contributed by atoms with E-state index in [4.69, 9.17) is 24.2 Å². The number of hydrogen-bond acceptors (Lipinski definition) is 9. The topological polar surface area (TPSA) is 112 Å². The summed E-state index contributed by atoms with van der Waals surface area (Å²) >= 11 is 3.46. The number of thiazole rings is 1. The van der Waals surface area contributed by atoms with Crippen molar-refractivity contribution in [1.29, 1.82) is 5.26 Å². The zero-order chi connectivity index (χ0) is 32.8. The normalized spacial score (nSPS) is 14.3. The minimum atomic E-state index is -0.717. The minimum absolute atomic E-state index is 0.198. The van der Waals surface area contributed by atoms with Crippen LogP contribution < -0.4 is 29.1 Å². The standard InChI is InChI=1S/C35H32IN3O6S/c1-5-42-26-14-12-25(13-15-26)31-30(34(41)44-7-3)21(4)38-35-39(31)33(40)29(46-35)18-24-16-27(36)32(28(17-24)43-6-2)45-20-23-10-8-22(19-37)9-11-23/h8-18,31H,5-7,20H2,1-4H3/b29-18-/t31-/m1/s1. The predicted octanol–water partition coefficient (Wildman–Crippen LogP) is 5.65. The fraction of sp³-hybridized carbons (Fsp3) is 0.257. The quantitative estimate of drug-likeness (QED) is 0.144. The van der Waals surface area contributed by atoms with Crippen LogP contribution in [0.1, 0.15) is 56.0 Å². The van der Waals surface area contributed by atoms with E-state index >= 15 is 0 Å². The first-order chi connectivity index (χ1) is 22.3. The molecule has 0 amide bonds. The number of esters is 1. The van der Waals surface area contributed by atoms with Gasteiger partial charge in [-0.2, -0.15) is 5.26 Å². The predicted molar refractivity (Wildman–Crippen MR) is 184 cm³/mol. The SMILES string of the molecule is CCOC(=O)C1=C(C)N=c2s/c(=C\c3cc(I)c(OCc4ccc(C#N)cc4)c(OCC)c3)c(=O)n2[C@@H]1c1ccc(OCC)cc1. The average Bonchev–Trinajstić information content (AvgIpc) is 3.34. The third kappa shape index (κ3) is 7.03. The largest absolute Gasteiger partial charge is 0.494 e. The summed E-state index contributed by atoms with van der Waals surface area (Å²) in [6.07, 6.45) is 1.80. The highest BCUT2D eigenvalue weighted by Crippen LogP contribution is 2.35. The van der Waals surface area contributed by atoms with Gasteiger partial charge in [-0.25, -0.2) is 9.79 Å². The molecule has 0 fully saturated rings. The van der Waals surface area contributed by atoms with Crippen LogP contribution in [0.15, 0.2) is 81.7 Å². The lowest BCUT2D eigenvalue weighted by Gasteiger charge is -2.24. The van der Waals surface area contributed by atoms with Gasteiger partial charge in [0, 0.05) is 0 Å². The van der Waals surface area contributed by atoms with E-state index in [2.05, 4.69) is 33.7 Å². The van der Waals surface area contributed by atoms with Crippen LogP contribution in [-0.2, 0) is 16.1 Å². The summed E-state index contributed by atoms with van der Waals surface area (Å²) < 4.78 is 26.0. The fourth-order valence-corrected chi connectivity index (χ4v) is 6.90. The maximum absolute atomic E-state index is 14.1. The van der Waals surface area contributed by atoms with E-state index < -0.39 is 12.0 Å². The molecule has 1 aliphatic rings. The van der Waals surface area contributed by atoms with Crippen molar-refractivity contribution < 1.29 is 23.7 Å². The van der Waals surface area contributed by atoms with Gasteiger partial charge in [-0.15, -0.1) is 0 Å². The molecule has 0 spiro atoms. The van der Waals surface area contributed by atoms with Gasteiger partial charge in [0.25, 0.3) is 5.56 Å². The Morgan fingerprint density at radius 2 is 1.74 bits per heavy atom. The number of hydrogen-bond donors (Lipinski definition) is 0. The highest BCUT2D eigenvalue weighted by molar-refractivity contribution is 14.1. The molecule has 0 saturated heterocycles. The first-order valence-corrected chi connectivity index (χ1v) is 16.7. The number of fused-ring (bicyclic) bond motifs is 1. The van der Waals surface area contributed by atoms with Crippen molar-refractivity contribution in [3.63, 3.8) is 0 Å². The number of rotatable bonds is 11. The lowest BCUT2D eigenvalue weighted by molar-refractivity contribution is -0.139. The zero-order valence-electron chi connectivity index (χ0n) is 25.8. The van der Waals surface area contributed by atoms with Gasteiger partial charge in [0.05, 0.1) is 56.9 Å². The summed E-state index contributed by atoms with van der Waals surface area (Å²) in [5.41, 5.74) is 3.55. The Morgan fingerprint density at radius 3 is 2.39 bits per heavy atom. The number of aromatic nitrogens is 1. The van der Waals surface area contributed by atoms with Crippen LogP contribution in [0.25, 0.3) is 6.08 Å². The van der Waals surface area contributed by atoms with Crippen LogP contribution >= 0.6 is 33.9 Å². The number of carbonyl (C=O) groups excluding carboxylic acids is 1. The maximum atomic E-state index is 14.1. The van der Waals surface area contributed by atoms with Crippen molar-refractivity contribution in [3.05, 3.63) is 117 Å². The highest BCUT2D eigenvalue weighted by Gasteiger charge is 2.33. The summed E-state index contributed by atoms with van der Waals surface area (Å²) in [7, 11) is 0. The number of nitrogens with zero attached hydrogens (tertiary/aromatic N) is 3. The van der Waals surface area contributed by atoms with Gasteiger partial charge < -0.3 is 18.9 Å². The van der Waals surface area contributed by atoms with Gasteiger partial charge in [0.1, 0.15) is 12.4 Å². The molecule has 0 unspecified atom stereocenters. The van der Waals surface area contributed by atoms with Crippen molar-refractivity contribution in [2.24, 2.45) is 4.99 Å². The summed E-state index contributed by atoms with van der Waals surface area (Å²) in [6.45, 7) is 8.76. The maximum Gasteiger partial charge on any atom is 0.338 e. The number of halogens is 1. The van der Waals surface area contributed by atoms with E-state index in [1.54, 1.807) is 36.6 Å². The van der Waals surface area contributed by atoms with Crippen LogP contribution in [0.5, 0.6) is 17.2 Å². The van der Waals surface area contributed by atoms with Gasteiger partial charge in [0.2, 0.25) is 0 Å². The molecule has 1 atom stereocenters. The lowest BCUT2D eigenvalue weighted by Crippen LogP contribution is -2.39. The molecule has 3 aromatic carbocycles. The second-order valence-electron chi connectivity index (χ2n) is 10.2. The summed E-state index contributed by atoms with van der Waals surface area (Å²) in [6, 6.07) is 19.8. The second-order valence-corrected chi connectivity index (χ2v) is 12.3. The zero-order valence-corrected chi connectivity index (χ0v) is 28.8. The molecule has 1 aliphatic heterocycles. The van der Waals surface area contributed by atoms with E-state index in [0.717, 1.165) is 20.3 Å². The van der Waals surface area contributed by atoms with Crippen molar-refractivity contribution in [2.45, 2.75) is 40.3 Å². The van der Waals surface area contributed by atoms with Crippen LogP contribution in [0.4, 0.5) is 0 Å². The molecule has 1 aromatic heterocycles. The lowest BCUT2D eigenvalue weighted by atomic mass is 9.96. The molecule has 5 rings (SSSR count). The molecule has 0 N–H and O–H groups in total. The van der Waals surface area contributed by atoms with Gasteiger partial charge in [-0.05, 0) is 109 Å². The van der Waals surface area contributed by atoms with Crippen molar-refractivity contribution in [1.82, 2.24) is 4.57 Å². The third-order valence-electron chi connectivity index (χ3n) is 7.12. The van der Waals surface area contributed by atoms with Crippen LogP contribution in [0.3, 0.4) is 0 Å². The van der Waals surface area contributed by atoms with E-state index in [1.165, 1.54) is 11.3 Å². The number of carbonyl (C=O) groups is 1. The van der Waals surface area contributed by atoms with E-state index in [9.17, 15) is 9.59 Å². The molecule has 46 heavy (non-hydrogen) atoms. The van der Waals surface area contributed by atoms with E-state index in [0.29, 0.717) is 63.2 Å². The smallest absolute Gasteiger partial charge is 0.338 e. The Labute approximate surface area is 284 Å². The molecule has 4 aromatic rings. The Balaban J connectivity index is 1.56. The summed E-state index contributed by atoms with van der Waals surface area (Å²) in [5.74, 6) is 1.33. The fourth-order valence-electron chi connectivity index (χ4n) is 5.08. The van der Waals surface area contributed by atoms with Gasteiger partial charge in [-0.3, -0.25) is 9.36 Å². The molecule has 11 heteroatoms. The molecule has 0 saturated carbocycles. The first kappa shape index (κ1) is 33.0. The molecule has 9 nitrogen and oxygen atoms in total. The first-order valence-electron chi connectivity index (χ1n) is 14.8. The number of benzene rings is 3. The van der Waals surface area contributed by atoms with Gasteiger partial charge in [-0.1, -0.05) is 35.6 Å². The number of nitriles is 1. The van der Waals surface area contributed by atoms with Gasteiger partial charge in [0.15, 0.2) is 16.3 Å². The van der Waals surface area contributed by atoms with Crippen LogP contribution in [0.2, 0.25) is 0 Å². The average molecular weight is 750 g/mol. The third-order valence-corrected chi connectivity index (χ3v) is 8.90. The number of ether oxygens (including phenoxy) is 4. The van der Waals surface area contributed by atoms with Gasteiger partial charge >= 0.3 is 5.97 Å². The van der Waals surface area contributed by atoms with E-state index in [-0.39, 0.29) is 12.2 Å². The van der Waals surface area contributed by atoms with Crippen LogP contribution in [-0.4, -0.2) is 30.4 Å². The summed E-state index contributed by atoms with van der Waals surface area (Å²) in [4.78, 5) is 32.4. The molecular weight excluding hydrogens is 717 g/mol. The highest BCUT2D eigenvalue weighted by atomic mass is 127. The molecule has 236 valence electrons. The van der Waals surface area contributed by atoms with Crippen molar-refractivity contribution in [3.8, 4) is 23.3 Å². The minimum Gasteiger partial charge on any atom is -0.494 e. The molecule has 0 radical (unpaired) electrons. The van der Waals surface area contributed by atoms with Crippen molar-refractivity contribution in [2.75, 3.05) is 19.8 Å². The Morgan fingerprint density at radius 1 is 1.02 bits per heavy atom. The Bertz CT molecular complexity index is 2010. The monoisotopic (exact) mass is 749 g/mol. The number of allylic oxidation sites excluding steroid dienone is 1. The Kier molecular flexibility index (Phi) is 10.6.